The van der Waals surface area contributed by atoms with Gasteiger partial charge in [0, 0.05) is 22.7 Å². The van der Waals surface area contributed by atoms with Gasteiger partial charge < -0.3 is 16.0 Å². The number of anilines is 1. The van der Waals surface area contributed by atoms with Crippen molar-refractivity contribution in [1.82, 2.24) is 14.9 Å². The zero-order valence-electron chi connectivity index (χ0n) is 15.5. The molecule has 0 saturated heterocycles. The maximum atomic E-state index is 13.0. The first kappa shape index (κ1) is 18.4. The summed E-state index contributed by atoms with van der Waals surface area (Å²) in [4.78, 5) is 37.0. The second-order valence-electron chi connectivity index (χ2n) is 7.04. The number of fused-ring (bicyclic) bond motifs is 4. The van der Waals surface area contributed by atoms with E-state index in [1.54, 1.807) is 16.2 Å². The van der Waals surface area contributed by atoms with Gasteiger partial charge in [0.15, 0.2) is 5.82 Å². The molecule has 0 aliphatic carbocycles. The summed E-state index contributed by atoms with van der Waals surface area (Å²) in [5.41, 5.74) is 6.42. The minimum atomic E-state index is -0.638. The van der Waals surface area contributed by atoms with E-state index < -0.39 is 11.9 Å². The van der Waals surface area contributed by atoms with Crippen molar-refractivity contribution in [2.75, 3.05) is 11.9 Å². The van der Waals surface area contributed by atoms with Gasteiger partial charge in [-0.2, -0.15) is 0 Å². The number of benzene rings is 1. The van der Waals surface area contributed by atoms with E-state index >= 15 is 0 Å². The number of aromatic nitrogens is 2. The van der Waals surface area contributed by atoms with Gasteiger partial charge >= 0.3 is 0 Å². The molecule has 8 heteroatoms. The molecule has 4 rings (SSSR count). The Kier molecular flexibility index (Phi) is 4.95. The Morgan fingerprint density at radius 2 is 2.07 bits per heavy atom. The van der Waals surface area contributed by atoms with Gasteiger partial charge in [0.1, 0.15) is 11.9 Å². The van der Waals surface area contributed by atoms with Crippen LogP contribution in [-0.2, 0) is 22.6 Å². The Morgan fingerprint density at radius 3 is 2.82 bits per heavy atom. The summed E-state index contributed by atoms with van der Waals surface area (Å²) in [6.07, 6.45) is 0.319. The van der Waals surface area contributed by atoms with Crippen LogP contribution in [0.15, 0.2) is 41.8 Å². The summed E-state index contributed by atoms with van der Waals surface area (Å²) in [6.45, 7) is 2.60. The summed E-state index contributed by atoms with van der Waals surface area (Å²) < 4.78 is 0. The number of amides is 2. The molecule has 0 radical (unpaired) electrons. The molecule has 3 heterocycles. The first-order valence-corrected chi connectivity index (χ1v) is 10.0. The molecular weight excluding hydrogens is 374 g/mol. The van der Waals surface area contributed by atoms with E-state index in [2.05, 4.69) is 15.3 Å². The zero-order chi connectivity index (χ0) is 19.7. The molecule has 0 spiro atoms. The number of hydrogen-bond donors (Lipinski definition) is 2. The van der Waals surface area contributed by atoms with E-state index in [-0.39, 0.29) is 11.8 Å². The van der Waals surface area contributed by atoms with Crippen molar-refractivity contribution in [3.05, 3.63) is 52.5 Å². The molecule has 2 aromatic heterocycles. The van der Waals surface area contributed by atoms with Gasteiger partial charge in [0.25, 0.3) is 0 Å². The largest absolute Gasteiger partial charge is 0.368 e. The highest BCUT2D eigenvalue weighted by atomic mass is 32.1. The average Bonchev–Trinajstić information content (AvgIpc) is 3.18. The van der Waals surface area contributed by atoms with Crippen LogP contribution in [0, 0.1) is 5.92 Å². The Bertz CT molecular complexity index is 1020. The van der Waals surface area contributed by atoms with Gasteiger partial charge in [0.2, 0.25) is 11.8 Å². The third-order valence-electron chi connectivity index (χ3n) is 4.92. The predicted octanol–water partition coefficient (Wildman–Crippen LogP) is 2.18. The predicted molar refractivity (Wildman–Crippen MR) is 109 cm³/mol. The van der Waals surface area contributed by atoms with E-state index in [9.17, 15) is 9.59 Å². The SMILES string of the molecule is CC1CN(C(=O)Cc2cccs2)Cc2nc(c3ccccc3n2)N[C@@H]1C(N)=O. The fourth-order valence-corrected chi connectivity index (χ4v) is 4.19. The molecule has 7 nitrogen and oxygen atoms in total. The number of carbonyl (C=O) groups excluding carboxylic acids is 2. The van der Waals surface area contributed by atoms with Crippen LogP contribution in [0.2, 0.25) is 0 Å². The van der Waals surface area contributed by atoms with Crippen LogP contribution in [0.1, 0.15) is 17.6 Å². The highest BCUT2D eigenvalue weighted by Crippen LogP contribution is 2.25. The molecule has 3 aromatic rings. The lowest BCUT2D eigenvalue weighted by Crippen LogP contribution is -2.45. The highest BCUT2D eigenvalue weighted by Gasteiger charge is 2.30. The summed E-state index contributed by atoms with van der Waals surface area (Å²) in [5.74, 6) is 0.448. The monoisotopic (exact) mass is 395 g/mol. The third kappa shape index (κ3) is 3.68. The van der Waals surface area contributed by atoms with Crippen LogP contribution >= 0.6 is 11.3 Å². The topological polar surface area (TPSA) is 101 Å². The zero-order valence-corrected chi connectivity index (χ0v) is 16.3. The van der Waals surface area contributed by atoms with Crippen LogP contribution in [0.4, 0.5) is 5.82 Å². The van der Waals surface area contributed by atoms with Crippen molar-refractivity contribution < 1.29 is 9.59 Å². The number of carbonyl (C=O) groups is 2. The maximum absolute atomic E-state index is 13.0. The van der Waals surface area contributed by atoms with Gasteiger partial charge in [-0.15, -0.1) is 11.3 Å². The van der Waals surface area contributed by atoms with Gasteiger partial charge in [-0.3, -0.25) is 9.59 Å². The number of nitrogens with zero attached hydrogens (tertiary/aromatic N) is 3. The summed E-state index contributed by atoms with van der Waals surface area (Å²) in [5, 5.41) is 5.97. The van der Waals surface area contributed by atoms with Crippen molar-refractivity contribution in [2.24, 2.45) is 11.7 Å². The number of rotatable bonds is 3. The lowest BCUT2D eigenvalue weighted by atomic mass is 10.00. The van der Waals surface area contributed by atoms with Crippen molar-refractivity contribution in [1.29, 1.82) is 0 Å². The van der Waals surface area contributed by atoms with Gasteiger partial charge in [-0.05, 0) is 23.6 Å². The minimum Gasteiger partial charge on any atom is -0.368 e. The fraction of sp³-hybridized carbons (Fsp3) is 0.300. The third-order valence-corrected chi connectivity index (χ3v) is 5.79. The normalized spacial score (nSPS) is 19.4. The van der Waals surface area contributed by atoms with Gasteiger partial charge in [-0.25, -0.2) is 9.97 Å². The van der Waals surface area contributed by atoms with Gasteiger partial charge in [-0.1, -0.05) is 25.1 Å². The molecule has 2 bridgehead atoms. The molecule has 0 fully saturated rings. The number of nitrogens with two attached hydrogens (primary N) is 1. The number of hydrogen-bond acceptors (Lipinski definition) is 6. The average molecular weight is 395 g/mol. The lowest BCUT2D eigenvalue weighted by molar-refractivity contribution is -0.132. The molecule has 3 N–H and O–H groups in total. The second-order valence-corrected chi connectivity index (χ2v) is 8.07. The van der Waals surface area contributed by atoms with Crippen LogP contribution in [0.3, 0.4) is 0 Å². The number of nitrogens with one attached hydrogen (secondary N) is 1. The van der Waals surface area contributed by atoms with Crippen molar-refractivity contribution in [3.8, 4) is 0 Å². The Morgan fingerprint density at radius 1 is 1.25 bits per heavy atom. The van der Waals surface area contributed by atoms with E-state index in [4.69, 9.17) is 5.73 Å². The summed E-state index contributed by atoms with van der Waals surface area (Å²) in [7, 11) is 0. The van der Waals surface area contributed by atoms with E-state index in [0.717, 1.165) is 15.8 Å². The highest BCUT2D eigenvalue weighted by molar-refractivity contribution is 7.10. The molecule has 1 aromatic carbocycles. The van der Waals surface area contributed by atoms with Crippen LogP contribution < -0.4 is 11.1 Å². The molecule has 144 valence electrons. The molecule has 0 saturated carbocycles. The van der Waals surface area contributed by atoms with Crippen molar-refractivity contribution in [3.63, 3.8) is 0 Å². The minimum absolute atomic E-state index is 0.0160. The van der Waals surface area contributed by atoms with Crippen LogP contribution in [-0.4, -0.2) is 39.3 Å². The standard InChI is InChI=1S/C20H21N5O2S/c1-12-10-25(17(26)9-13-5-4-8-28-13)11-16-22-15-7-3-2-6-14(15)20(23-16)24-18(12)19(21)27/h2-8,12,18H,9-11H2,1H3,(H2,21,27)(H,22,23,24)/t12?,18-/m0/s1. The Labute approximate surface area is 166 Å². The molecule has 1 unspecified atom stereocenters. The second kappa shape index (κ2) is 7.55. The number of thiophene rings is 1. The molecule has 28 heavy (non-hydrogen) atoms. The van der Waals surface area contributed by atoms with Crippen LogP contribution in [0.5, 0.6) is 0 Å². The van der Waals surface area contributed by atoms with E-state index in [1.165, 1.54) is 0 Å². The quantitative estimate of drug-likeness (QED) is 0.708. The van der Waals surface area contributed by atoms with E-state index in [1.807, 2.05) is 48.7 Å². The van der Waals surface area contributed by atoms with Crippen molar-refractivity contribution in [2.45, 2.75) is 25.9 Å². The Hall–Kier alpha value is -3.00. The Balaban J connectivity index is 1.74. The summed E-state index contributed by atoms with van der Waals surface area (Å²) >= 11 is 1.55. The van der Waals surface area contributed by atoms with E-state index in [0.29, 0.717) is 31.2 Å². The van der Waals surface area contributed by atoms with Crippen LogP contribution in [0.25, 0.3) is 10.9 Å². The smallest absolute Gasteiger partial charge is 0.240 e. The molecular formula is C20H21N5O2S. The number of para-hydroxylation sites is 1. The number of primary amides is 1. The molecule has 2 amide bonds. The lowest BCUT2D eigenvalue weighted by Gasteiger charge is -2.28. The maximum Gasteiger partial charge on any atom is 0.240 e. The molecule has 1 aliphatic rings. The summed E-state index contributed by atoms with van der Waals surface area (Å²) in [6, 6.07) is 10.8. The molecule has 2 atom stereocenters. The van der Waals surface area contributed by atoms with Crippen molar-refractivity contribution >= 4 is 39.9 Å². The first-order valence-electron chi connectivity index (χ1n) is 9.13. The molecule has 1 aliphatic heterocycles. The fourth-order valence-electron chi connectivity index (χ4n) is 3.50. The first-order chi connectivity index (χ1) is 13.5. The van der Waals surface area contributed by atoms with Gasteiger partial charge in [0.05, 0.1) is 18.5 Å².